The summed E-state index contributed by atoms with van der Waals surface area (Å²) in [7, 11) is 0. The zero-order chi connectivity index (χ0) is 13.0. The van der Waals surface area contributed by atoms with Crippen LogP contribution in [-0.4, -0.2) is 13.2 Å². The Hall–Kier alpha value is -1.38. The minimum absolute atomic E-state index is 0.712. The predicted octanol–water partition coefficient (Wildman–Crippen LogP) is 3.52. The van der Waals surface area contributed by atoms with E-state index >= 15 is 0 Å². The van der Waals surface area contributed by atoms with Crippen molar-refractivity contribution >= 4 is 11.4 Å². The fourth-order valence-electron chi connectivity index (χ4n) is 2.09. The van der Waals surface area contributed by atoms with Crippen molar-refractivity contribution in [3.8, 4) is 5.75 Å². The summed E-state index contributed by atoms with van der Waals surface area (Å²) in [6.07, 6.45) is 3.79. The van der Waals surface area contributed by atoms with Crippen molar-refractivity contribution < 1.29 is 4.74 Å². The van der Waals surface area contributed by atoms with E-state index in [1.54, 1.807) is 0 Å². The second-order valence-electron chi connectivity index (χ2n) is 5.30. The number of hydrogen-bond acceptors (Lipinski definition) is 3. The molecule has 0 heterocycles. The first-order valence-corrected chi connectivity index (χ1v) is 6.97. The van der Waals surface area contributed by atoms with Gasteiger partial charge >= 0.3 is 0 Å². The first kappa shape index (κ1) is 13.1. The smallest absolute Gasteiger partial charge is 0.144 e. The highest BCUT2D eigenvalue weighted by Crippen LogP contribution is 2.36. The molecule has 1 aliphatic carbocycles. The van der Waals surface area contributed by atoms with E-state index in [0.29, 0.717) is 12.3 Å². The van der Waals surface area contributed by atoms with E-state index in [1.165, 1.54) is 12.8 Å². The van der Waals surface area contributed by atoms with Crippen LogP contribution < -0.4 is 15.8 Å². The molecule has 1 aromatic carbocycles. The first-order chi connectivity index (χ1) is 8.70. The molecule has 0 saturated heterocycles. The number of nitrogens with one attached hydrogen (secondary N) is 1. The molecule has 1 unspecified atom stereocenters. The Morgan fingerprint density at radius 3 is 2.89 bits per heavy atom. The molecule has 3 heteroatoms. The van der Waals surface area contributed by atoms with Crippen LogP contribution in [0.5, 0.6) is 5.75 Å². The van der Waals surface area contributed by atoms with E-state index in [4.69, 9.17) is 10.5 Å². The molecule has 1 aliphatic rings. The van der Waals surface area contributed by atoms with Gasteiger partial charge in [-0.25, -0.2) is 0 Å². The molecule has 2 rings (SSSR count). The SMILES string of the molecule is CCCOc1cc(NCC(C)C2CC2)ccc1N. The molecule has 18 heavy (non-hydrogen) atoms. The summed E-state index contributed by atoms with van der Waals surface area (Å²) < 4.78 is 5.63. The van der Waals surface area contributed by atoms with Gasteiger partial charge in [-0.05, 0) is 43.2 Å². The fourth-order valence-corrected chi connectivity index (χ4v) is 2.09. The molecule has 0 bridgehead atoms. The van der Waals surface area contributed by atoms with E-state index < -0.39 is 0 Å². The van der Waals surface area contributed by atoms with Crippen LogP contribution >= 0.6 is 0 Å². The Labute approximate surface area is 110 Å². The van der Waals surface area contributed by atoms with Crippen molar-refractivity contribution in [2.75, 3.05) is 24.2 Å². The van der Waals surface area contributed by atoms with E-state index in [1.807, 2.05) is 18.2 Å². The van der Waals surface area contributed by atoms with Crippen LogP contribution in [0, 0.1) is 11.8 Å². The summed E-state index contributed by atoms with van der Waals surface area (Å²) in [6, 6.07) is 5.94. The van der Waals surface area contributed by atoms with Gasteiger partial charge in [0.2, 0.25) is 0 Å². The lowest BCUT2D eigenvalue weighted by molar-refractivity contribution is 0.319. The molecule has 100 valence electrons. The number of hydrogen-bond donors (Lipinski definition) is 2. The summed E-state index contributed by atoms with van der Waals surface area (Å²) in [5, 5.41) is 3.47. The molecule has 1 aromatic rings. The molecule has 0 aromatic heterocycles. The molecule has 0 radical (unpaired) electrons. The van der Waals surface area contributed by atoms with E-state index in [9.17, 15) is 0 Å². The minimum Gasteiger partial charge on any atom is -0.491 e. The van der Waals surface area contributed by atoms with Gasteiger partial charge in [0.15, 0.2) is 0 Å². The van der Waals surface area contributed by atoms with Crippen LogP contribution in [0.25, 0.3) is 0 Å². The highest BCUT2D eigenvalue weighted by atomic mass is 16.5. The first-order valence-electron chi connectivity index (χ1n) is 6.97. The Bertz CT molecular complexity index is 388. The average Bonchev–Trinajstić information content (AvgIpc) is 3.20. The summed E-state index contributed by atoms with van der Waals surface area (Å²) >= 11 is 0. The van der Waals surface area contributed by atoms with Crippen LogP contribution in [-0.2, 0) is 0 Å². The summed E-state index contributed by atoms with van der Waals surface area (Å²) in [6.45, 7) is 6.15. The van der Waals surface area contributed by atoms with Gasteiger partial charge in [0.25, 0.3) is 0 Å². The van der Waals surface area contributed by atoms with Crippen molar-refractivity contribution in [1.82, 2.24) is 0 Å². The molecular weight excluding hydrogens is 224 g/mol. The maximum atomic E-state index is 5.89. The lowest BCUT2D eigenvalue weighted by Gasteiger charge is -2.14. The number of ether oxygens (including phenoxy) is 1. The van der Waals surface area contributed by atoms with Crippen molar-refractivity contribution in [3.63, 3.8) is 0 Å². The van der Waals surface area contributed by atoms with Crippen LogP contribution in [0.3, 0.4) is 0 Å². The predicted molar refractivity (Wildman–Crippen MR) is 77.0 cm³/mol. The van der Waals surface area contributed by atoms with Crippen molar-refractivity contribution in [2.24, 2.45) is 11.8 Å². The van der Waals surface area contributed by atoms with Crippen LogP contribution in [0.2, 0.25) is 0 Å². The van der Waals surface area contributed by atoms with Crippen LogP contribution in [0.15, 0.2) is 18.2 Å². The van der Waals surface area contributed by atoms with Gasteiger partial charge in [-0.15, -0.1) is 0 Å². The maximum absolute atomic E-state index is 5.89. The largest absolute Gasteiger partial charge is 0.491 e. The maximum Gasteiger partial charge on any atom is 0.144 e. The number of anilines is 2. The Morgan fingerprint density at radius 1 is 1.44 bits per heavy atom. The zero-order valence-corrected chi connectivity index (χ0v) is 11.4. The van der Waals surface area contributed by atoms with Gasteiger partial charge in [-0.2, -0.15) is 0 Å². The van der Waals surface area contributed by atoms with Gasteiger partial charge < -0.3 is 15.8 Å². The standard InChI is InChI=1S/C15H24N2O/c1-3-8-18-15-9-13(6-7-14(15)16)17-10-11(2)12-4-5-12/h6-7,9,11-12,17H,3-5,8,10,16H2,1-2H3. The molecule has 1 fully saturated rings. The third-order valence-corrected chi connectivity index (χ3v) is 3.53. The van der Waals surface area contributed by atoms with Gasteiger partial charge in [0.1, 0.15) is 5.75 Å². The normalized spacial score (nSPS) is 16.3. The highest BCUT2D eigenvalue weighted by Gasteiger charge is 2.27. The van der Waals surface area contributed by atoms with E-state index in [2.05, 4.69) is 19.2 Å². The summed E-state index contributed by atoms with van der Waals surface area (Å²) in [5.74, 6) is 2.48. The Morgan fingerprint density at radius 2 is 2.22 bits per heavy atom. The van der Waals surface area contributed by atoms with Gasteiger partial charge in [-0.3, -0.25) is 0 Å². The zero-order valence-electron chi connectivity index (χ0n) is 11.4. The minimum atomic E-state index is 0.712. The molecule has 3 nitrogen and oxygen atoms in total. The molecule has 3 N–H and O–H groups in total. The molecular formula is C15H24N2O. The molecule has 0 amide bonds. The molecule has 0 spiro atoms. The Balaban J connectivity index is 1.90. The second-order valence-corrected chi connectivity index (χ2v) is 5.30. The average molecular weight is 248 g/mol. The monoisotopic (exact) mass is 248 g/mol. The van der Waals surface area contributed by atoms with Gasteiger partial charge in [-0.1, -0.05) is 13.8 Å². The molecule has 1 atom stereocenters. The topological polar surface area (TPSA) is 47.3 Å². The Kier molecular flexibility index (Phi) is 4.34. The van der Waals surface area contributed by atoms with Crippen LogP contribution in [0.1, 0.15) is 33.1 Å². The molecule has 1 saturated carbocycles. The lowest BCUT2D eigenvalue weighted by Crippen LogP contribution is -2.13. The number of nitrogens with two attached hydrogens (primary N) is 1. The highest BCUT2D eigenvalue weighted by molar-refractivity contribution is 5.61. The third kappa shape index (κ3) is 3.56. The summed E-state index contributed by atoms with van der Waals surface area (Å²) in [5.41, 5.74) is 7.70. The van der Waals surface area contributed by atoms with Gasteiger partial charge in [0, 0.05) is 18.3 Å². The van der Waals surface area contributed by atoms with Crippen molar-refractivity contribution in [2.45, 2.75) is 33.1 Å². The van der Waals surface area contributed by atoms with E-state index in [-0.39, 0.29) is 0 Å². The number of benzene rings is 1. The van der Waals surface area contributed by atoms with E-state index in [0.717, 1.165) is 36.2 Å². The quantitative estimate of drug-likeness (QED) is 0.726. The third-order valence-electron chi connectivity index (χ3n) is 3.53. The van der Waals surface area contributed by atoms with Crippen molar-refractivity contribution in [3.05, 3.63) is 18.2 Å². The van der Waals surface area contributed by atoms with Crippen LogP contribution in [0.4, 0.5) is 11.4 Å². The summed E-state index contributed by atoms with van der Waals surface area (Å²) in [4.78, 5) is 0. The lowest BCUT2D eigenvalue weighted by atomic mass is 10.1. The van der Waals surface area contributed by atoms with Gasteiger partial charge in [0.05, 0.1) is 12.3 Å². The second kappa shape index (κ2) is 5.98. The van der Waals surface area contributed by atoms with Crippen molar-refractivity contribution in [1.29, 1.82) is 0 Å². The molecule has 0 aliphatic heterocycles. The fraction of sp³-hybridized carbons (Fsp3) is 0.600. The number of rotatable bonds is 7. The number of nitrogen functional groups attached to an aromatic ring is 1.